The summed E-state index contributed by atoms with van der Waals surface area (Å²) in [6.45, 7) is 15.8. The predicted molar refractivity (Wildman–Crippen MR) is 116 cm³/mol. The van der Waals surface area contributed by atoms with Crippen LogP contribution in [-0.2, 0) is 17.7 Å². The van der Waals surface area contributed by atoms with E-state index < -0.39 is 17.1 Å². The Balaban J connectivity index is 3.61. The minimum atomic E-state index is -2.41. The molecule has 0 aromatic rings. The second-order valence-corrected chi connectivity index (χ2v) is 15.1. The molecule has 0 rings (SSSR count). The summed E-state index contributed by atoms with van der Waals surface area (Å²) in [4.78, 5) is 0. The fourth-order valence-electron chi connectivity index (χ4n) is 3.06. The first-order valence-corrected chi connectivity index (χ1v) is 16.3. The molecule has 0 heterocycles. The minimum Gasteiger partial charge on any atom is -0.418 e. The van der Waals surface area contributed by atoms with Gasteiger partial charge in [-0.05, 0) is 53.3 Å². The zero-order chi connectivity index (χ0) is 19.7. The molecule has 0 aliphatic carbocycles. The van der Waals surface area contributed by atoms with Crippen LogP contribution in [0.1, 0.15) is 78.6 Å². The molecule has 0 aliphatic heterocycles. The zero-order valence-corrected chi connectivity index (χ0v) is 20.5. The Morgan fingerprint density at radius 3 is 1.27 bits per heavy atom. The average molecular weight is 407 g/mol. The number of rotatable bonds is 19. The molecule has 0 atom stereocenters. The molecule has 0 saturated carbocycles. The summed E-state index contributed by atoms with van der Waals surface area (Å²) in [6, 6.07) is 0.958. The van der Waals surface area contributed by atoms with Crippen LogP contribution in [0.5, 0.6) is 0 Å². The summed E-state index contributed by atoms with van der Waals surface area (Å²) < 4.78 is 23.6. The van der Waals surface area contributed by atoms with Gasteiger partial charge >= 0.3 is 8.80 Å². The van der Waals surface area contributed by atoms with Crippen molar-refractivity contribution in [2.75, 3.05) is 26.4 Å². The van der Waals surface area contributed by atoms with Crippen LogP contribution in [0, 0.1) is 0 Å². The molecule has 0 bridgehead atoms. The van der Waals surface area contributed by atoms with Crippen LogP contribution < -0.4 is 0 Å². The fourth-order valence-corrected chi connectivity index (χ4v) is 6.50. The SMILES string of the molecule is CCO[Si](CCCCCCCCCCCO[Si](C)(C)C)(OCC)OCC. The third-order valence-corrected chi connectivity index (χ3v) is 8.48. The van der Waals surface area contributed by atoms with E-state index in [0.29, 0.717) is 19.8 Å². The highest BCUT2D eigenvalue weighted by Crippen LogP contribution is 2.21. The molecule has 0 aromatic carbocycles. The van der Waals surface area contributed by atoms with Gasteiger partial charge in [-0.25, -0.2) is 0 Å². The topological polar surface area (TPSA) is 36.9 Å². The van der Waals surface area contributed by atoms with Gasteiger partial charge in [0.2, 0.25) is 0 Å². The normalized spacial score (nSPS) is 12.7. The largest absolute Gasteiger partial charge is 0.500 e. The van der Waals surface area contributed by atoms with Gasteiger partial charge in [-0.2, -0.15) is 0 Å². The van der Waals surface area contributed by atoms with E-state index in [2.05, 4.69) is 19.6 Å². The van der Waals surface area contributed by atoms with Gasteiger partial charge in [-0.15, -0.1) is 0 Å². The van der Waals surface area contributed by atoms with E-state index in [9.17, 15) is 0 Å². The third kappa shape index (κ3) is 15.3. The Kier molecular flexibility index (Phi) is 16.4. The molecule has 0 amide bonds. The van der Waals surface area contributed by atoms with Gasteiger partial charge in [0.25, 0.3) is 0 Å². The van der Waals surface area contributed by atoms with E-state index in [4.69, 9.17) is 17.7 Å². The highest BCUT2D eigenvalue weighted by atomic mass is 28.4. The van der Waals surface area contributed by atoms with E-state index in [-0.39, 0.29) is 0 Å². The van der Waals surface area contributed by atoms with Crippen LogP contribution in [0.2, 0.25) is 25.7 Å². The lowest BCUT2D eigenvalue weighted by Crippen LogP contribution is -2.45. The molecule has 0 aromatic heterocycles. The monoisotopic (exact) mass is 406 g/mol. The maximum Gasteiger partial charge on any atom is 0.500 e. The van der Waals surface area contributed by atoms with Crippen molar-refractivity contribution in [2.24, 2.45) is 0 Å². The van der Waals surface area contributed by atoms with E-state index >= 15 is 0 Å². The Hall–Kier alpha value is 0.274. The molecular formula is C20H46O4Si2. The number of hydrogen-bond donors (Lipinski definition) is 0. The van der Waals surface area contributed by atoms with Gasteiger partial charge in [0, 0.05) is 32.5 Å². The Morgan fingerprint density at radius 2 is 0.885 bits per heavy atom. The number of hydrogen-bond acceptors (Lipinski definition) is 4. The van der Waals surface area contributed by atoms with Crippen LogP contribution in [0.25, 0.3) is 0 Å². The van der Waals surface area contributed by atoms with Crippen LogP contribution in [-0.4, -0.2) is 43.5 Å². The smallest absolute Gasteiger partial charge is 0.418 e. The van der Waals surface area contributed by atoms with Gasteiger partial charge in [0.05, 0.1) is 0 Å². The van der Waals surface area contributed by atoms with Gasteiger partial charge in [-0.3, -0.25) is 0 Å². The van der Waals surface area contributed by atoms with E-state index in [1.807, 2.05) is 20.8 Å². The Morgan fingerprint density at radius 1 is 0.500 bits per heavy atom. The first-order chi connectivity index (χ1) is 12.4. The predicted octanol–water partition coefficient (Wildman–Crippen LogP) is 6.40. The van der Waals surface area contributed by atoms with E-state index in [1.54, 1.807) is 0 Å². The Labute approximate surface area is 165 Å². The molecule has 0 radical (unpaired) electrons. The molecule has 0 fully saturated rings. The van der Waals surface area contributed by atoms with Crippen molar-refractivity contribution in [3.05, 3.63) is 0 Å². The van der Waals surface area contributed by atoms with Crippen molar-refractivity contribution in [1.82, 2.24) is 0 Å². The van der Waals surface area contributed by atoms with Crippen molar-refractivity contribution in [1.29, 1.82) is 0 Å². The van der Waals surface area contributed by atoms with Crippen LogP contribution in [0.4, 0.5) is 0 Å². The lowest BCUT2D eigenvalue weighted by Gasteiger charge is -2.28. The summed E-state index contributed by atoms with van der Waals surface area (Å²) in [5.41, 5.74) is 0. The molecule has 0 aliphatic rings. The maximum atomic E-state index is 5.91. The van der Waals surface area contributed by atoms with Crippen molar-refractivity contribution >= 4 is 17.1 Å². The summed E-state index contributed by atoms with van der Waals surface area (Å²) >= 11 is 0. The van der Waals surface area contributed by atoms with Crippen molar-refractivity contribution in [3.8, 4) is 0 Å². The van der Waals surface area contributed by atoms with Crippen LogP contribution >= 0.6 is 0 Å². The van der Waals surface area contributed by atoms with E-state index in [1.165, 1.54) is 51.4 Å². The van der Waals surface area contributed by atoms with Gasteiger partial charge < -0.3 is 17.7 Å². The Bertz CT molecular complexity index is 292. The highest BCUT2D eigenvalue weighted by molar-refractivity contribution is 6.69. The molecule has 0 N–H and O–H groups in total. The zero-order valence-electron chi connectivity index (χ0n) is 18.5. The molecule has 6 heteroatoms. The molecule has 0 spiro atoms. The summed E-state index contributed by atoms with van der Waals surface area (Å²) in [5.74, 6) is 0. The molecular weight excluding hydrogens is 360 g/mol. The number of unbranched alkanes of at least 4 members (excludes halogenated alkanes) is 8. The lowest BCUT2D eigenvalue weighted by molar-refractivity contribution is 0.0706. The quantitative estimate of drug-likeness (QED) is 0.184. The first kappa shape index (κ1) is 26.3. The first-order valence-electron chi connectivity index (χ1n) is 10.9. The summed E-state index contributed by atoms with van der Waals surface area (Å²) in [6.07, 6.45) is 11.7. The third-order valence-electron chi connectivity index (χ3n) is 4.26. The maximum absolute atomic E-state index is 5.91. The standard InChI is InChI=1S/C20H46O4Si2/c1-7-21-26(22-8-2,23-9-3)20-18-16-14-12-10-11-13-15-17-19-24-25(4,5)6/h7-20H2,1-6H3. The van der Waals surface area contributed by atoms with Crippen LogP contribution in [0.15, 0.2) is 0 Å². The summed E-state index contributed by atoms with van der Waals surface area (Å²) in [5, 5.41) is 0. The van der Waals surface area contributed by atoms with Crippen molar-refractivity contribution < 1.29 is 17.7 Å². The minimum absolute atomic E-state index is 0.676. The fraction of sp³-hybridized carbons (Fsp3) is 1.00. The molecule has 0 saturated heterocycles. The van der Waals surface area contributed by atoms with Crippen LogP contribution in [0.3, 0.4) is 0 Å². The molecule has 0 unspecified atom stereocenters. The summed E-state index contributed by atoms with van der Waals surface area (Å²) in [7, 11) is -3.72. The van der Waals surface area contributed by atoms with Gasteiger partial charge in [0.15, 0.2) is 8.32 Å². The molecule has 4 nitrogen and oxygen atoms in total. The second kappa shape index (κ2) is 16.2. The van der Waals surface area contributed by atoms with E-state index in [0.717, 1.165) is 19.1 Å². The molecule has 26 heavy (non-hydrogen) atoms. The second-order valence-electron chi connectivity index (χ2n) is 7.87. The van der Waals surface area contributed by atoms with Crippen molar-refractivity contribution in [3.63, 3.8) is 0 Å². The average Bonchev–Trinajstić information content (AvgIpc) is 2.55. The molecule has 158 valence electrons. The lowest BCUT2D eigenvalue weighted by atomic mass is 10.1. The highest BCUT2D eigenvalue weighted by Gasteiger charge is 2.39. The van der Waals surface area contributed by atoms with Gasteiger partial charge in [0.1, 0.15) is 0 Å². The van der Waals surface area contributed by atoms with Gasteiger partial charge in [-0.1, -0.05) is 44.9 Å². The van der Waals surface area contributed by atoms with Crippen molar-refractivity contribution in [2.45, 2.75) is 104 Å².